The number of carbonyl (C=O) groups is 3. The molecule has 0 aliphatic heterocycles. The molecule has 0 aliphatic carbocycles. The highest BCUT2D eigenvalue weighted by Gasteiger charge is 2.40. The number of phenolic OH excluding ortho intramolecular Hbond substituents is 1. The van der Waals surface area contributed by atoms with Crippen LogP contribution in [0.25, 0.3) is 0 Å². The summed E-state index contributed by atoms with van der Waals surface area (Å²) in [4.78, 5) is 42.2. The molecule has 0 radical (unpaired) electrons. The van der Waals surface area contributed by atoms with Gasteiger partial charge in [-0.05, 0) is 73.7 Å². The number of benzene rings is 2. The van der Waals surface area contributed by atoms with E-state index in [1.807, 2.05) is 45.2 Å². The van der Waals surface area contributed by atoms with Crippen LogP contribution in [0.3, 0.4) is 0 Å². The predicted molar refractivity (Wildman–Crippen MR) is 255 cm³/mol. The summed E-state index contributed by atoms with van der Waals surface area (Å²) in [6.07, 6.45) is 1.17. The number of hydrogen-bond donors (Lipinski definition) is 9. The number of hydrogen-bond acceptors (Lipinski definition) is 7. The van der Waals surface area contributed by atoms with Gasteiger partial charge in [0.2, 0.25) is 17.7 Å². The van der Waals surface area contributed by atoms with Gasteiger partial charge in [-0.3, -0.25) is 19.8 Å². The molecule has 0 bridgehead atoms. The highest BCUT2D eigenvalue weighted by molar-refractivity contribution is 6.68. The molecular weight excluding hydrogens is 667 g/mol. The van der Waals surface area contributed by atoms with Crippen LogP contribution in [0.1, 0.15) is 41.5 Å². The van der Waals surface area contributed by atoms with Gasteiger partial charge in [-0.25, -0.2) is 0 Å². The molecule has 12 N–H and O–H groups in total. The molecule has 3 atom stereocenters. The Labute approximate surface area is 332 Å². The minimum atomic E-state index is -1.08. The molecule has 12 nitrogen and oxygen atoms in total. The molecule has 0 fully saturated rings. The highest BCUT2D eigenvalue weighted by atomic mass is 16.3. The number of rotatable bonds is 18. The van der Waals surface area contributed by atoms with Crippen molar-refractivity contribution in [3.8, 4) is 5.75 Å². The van der Waals surface area contributed by atoms with Gasteiger partial charge < -0.3 is 43.6 Å². The van der Waals surface area contributed by atoms with Gasteiger partial charge in [0.15, 0.2) is 5.96 Å². The lowest BCUT2D eigenvalue weighted by molar-refractivity contribution is -0.132. The minimum absolute atomic E-state index is 0.103. The van der Waals surface area contributed by atoms with E-state index in [-0.39, 0.29) is 35.7 Å². The first kappa shape index (κ1) is 46.7. The Kier molecular flexibility index (Phi) is 16.4. The molecule has 2 aromatic carbocycles. The maximum absolute atomic E-state index is 14.4. The molecular formula is C31H59B11N8O4. The summed E-state index contributed by atoms with van der Waals surface area (Å²) in [6, 6.07) is 0.265. The van der Waals surface area contributed by atoms with Crippen molar-refractivity contribution in [3.63, 3.8) is 0 Å². The van der Waals surface area contributed by atoms with Crippen LogP contribution >= 0.6 is 0 Å². The maximum atomic E-state index is 14.4. The second kappa shape index (κ2) is 18.9. The minimum Gasteiger partial charge on any atom is -0.508 e. The van der Waals surface area contributed by atoms with Gasteiger partial charge in [-0.15, -0.1) is 16.4 Å². The van der Waals surface area contributed by atoms with E-state index in [1.54, 1.807) is 12.1 Å². The van der Waals surface area contributed by atoms with E-state index in [0.29, 0.717) is 32.5 Å². The molecule has 0 heterocycles. The lowest BCUT2D eigenvalue weighted by atomic mass is 9.28. The lowest BCUT2D eigenvalue weighted by Gasteiger charge is -2.44. The van der Waals surface area contributed by atoms with E-state index >= 15 is 0 Å². The Bertz CT molecular complexity index is 1680. The third kappa shape index (κ3) is 11.8. The SMILES string of the molecule is Bc1c(B)c(B)c(C(B)(B)CNC(=O)[C@H](CC(B)(B)C(B)(B)CN)NC(=O)[C@H](Cc2c(C)cc(O)cc2C)NC(=O)[C@H](N)CCCNC(=N)N)c(B)c1B. The molecule has 23 heteroatoms. The van der Waals surface area contributed by atoms with Gasteiger partial charge in [0.1, 0.15) is 72.8 Å². The molecule has 0 aromatic heterocycles. The summed E-state index contributed by atoms with van der Waals surface area (Å²) in [5, 5.41) is 28.0. The van der Waals surface area contributed by atoms with Crippen LogP contribution in [0.2, 0.25) is 10.4 Å². The molecule has 2 aromatic rings. The number of phenols is 1. The van der Waals surface area contributed by atoms with Crippen LogP contribution in [0.15, 0.2) is 12.1 Å². The summed E-state index contributed by atoms with van der Waals surface area (Å²) in [5.74, 6) is -1.45. The average molecular weight is 727 g/mol. The molecule has 2 rings (SSSR count). The smallest absolute Gasteiger partial charge is 0.243 e. The topological polar surface area (TPSA) is 221 Å². The van der Waals surface area contributed by atoms with Crippen molar-refractivity contribution in [3.05, 3.63) is 34.4 Å². The van der Waals surface area contributed by atoms with Crippen molar-refractivity contribution < 1.29 is 19.5 Å². The van der Waals surface area contributed by atoms with Crippen molar-refractivity contribution in [2.75, 3.05) is 19.6 Å². The summed E-state index contributed by atoms with van der Waals surface area (Å²) in [7, 11) is 23.1. The monoisotopic (exact) mass is 729 g/mol. The number of aromatic hydroxyl groups is 1. The Morgan fingerprint density at radius 2 is 1.30 bits per heavy atom. The van der Waals surface area contributed by atoms with Crippen molar-refractivity contribution >= 4 is 137 Å². The zero-order valence-electron chi connectivity index (χ0n) is 35.2. The van der Waals surface area contributed by atoms with Crippen molar-refractivity contribution in [2.24, 2.45) is 17.2 Å². The third-order valence-electron chi connectivity index (χ3n) is 12.1. The van der Waals surface area contributed by atoms with Gasteiger partial charge in [-0.2, -0.15) is 0 Å². The predicted octanol–water partition coefficient (Wildman–Crippen LogP) is -14.2. The summed E-state index contributed by atoms with van der Waals surface area (Å²) < 4.78 is 0. The van der Waals surface area contributed by atoms with Crippen LogP contribution < -0.4 is 65.8 Å². The first-order valence-corrected chi connectivity index (χ1v) is 19.1. The third-order valence-corrected chi connectivity index (χ3v) is 12.1. The molecule has 3 amide bonds. The van der Waals surface area contributed by atoms with Gasteiger partial charge in [0.25, 0.3) is 0 Å². The van der Waals surface area contributed by atoms with Gasteiger partial charge in [0.05, 0.1) is 37.4 Å². The lowest BCUT2D eigenvalue weighted by Crippen LogP contribution is -2.62. The average Bonchev–Trinajstić information content (AvgIpc) is 3.07. The fourth-order valence-corrected chi connectivity index (χ4v) is 7.24. The van der Waals surface area contributed by atoms with Gasteiger partial charge >= 0.3 is 0 Å². The van der Waals surface area contributed by atoms with Crippen molar-refractivity contribution in [1.82, 2.24) is 21.3 Å². The van der Waals surface area contributed by atoms with Crippen LogP contribution in [0.5, 0.6) is 5.75 Å². The second-order valence-corrected chi connectivity index (χ2v) is 17.3. The number of guanidine groups is 1. The maximum Gasteiger partial charge on any atom is 0.243 e. The van der Waals surface area contributed by atoms with Gasteiger partial charge in [0, 0.05) is 19.5 Å². The van der Waals surface area contributed by atoms with E-state index in [9.17, 15) is 19.5 Å². The molecule has 280 valence electrons. The molecule has 0 aliphatic rings. The molecule has 0 saturated heterocycles. The largest absolute Gasteiger partial charge is 0.508 e. The van der Waals surface area contributed by atoms with E-state index in [2.05, 4.69) is 76.2 Å². The van der Waals surface area contributed by atoms with Crippen molar-refractivity contribution in [2.45, 2.75) is 73.3 Å². The fourth-order valence-electron chi connectivity index (χ4n) is 7.24. The standard InChI is InChI=1S/C31H59B11N8O4/c1-12-6-14(51)7-13(2)15(12)8-17(49-25(52)16(44)4-3-5-47-28(45)46)27(54)50-18(9-30(39,40)31(41,42)10-43)26(53)48-11-29(37,38)19-20(32)22(34)24(36)23(35)21(19)33/h6-7,16-18,51H,3-5,8-11,32-44H2,1-2H3,(H,48,53)(H,49,52)(H,50,54)(H4,45,46,47)/t16-,17+,18+/m1/s1. The number of nitrogens with one attached hydrogen (secondary N) is 5. The quantitative estimate of drug-likeness (QED) is 0.0310. The van der Waals surface area contributed by atoms with Crippen LogP contribution in [-0.4, -0.2) is 153 Å². The zero-order valence-corrected chi connectivity index (χ0v) is 35.2. The number of nitrogens with two attached hydrogens (primary N) is 3. The fraction of sp³-hybridized carbons (Fsp3) is 0.484. The van der Waals surface area contributed by atoms with E-state index in [0.717, 1.165) is 16.7 Å². The Morgan fingerprint density at radius 1 is 0.796 bits per heavy atom. The normalized spacial score (nSPS) is 13.6. The van der Waals surface area contributed by atoms with Crippen LogP contribution in [0, 0.1) is 19.3 Å². The number of carbonyl (C=O) groups excluding carboxylic acids is 3. The summed E-state index contributed by atoms with van der Waals surface area (Å²) >= 11 is 0. The summed E-state index contributed by atoms with van der Waals surface area (Å²) in [5.41, 5.74) is 27.5. The van der Waals surface area contributed by atoms with Crippen LogP contribution in [0.4, 0.5) is 0 Å². The Morgan fingerprint density at radius 3 is 1.80 bits per heavy atom. The zero-order chi connectivity index (χ0) is 41.5. The van der Waals surface area contributed by atoms with Crippen molar-refractivity contribution in [1.29, 1.82) is 5.41 Å². The number of amides is 3. The molecule has 54 heavy (non-hydrogen) atoms. The molecule has 0 unspecified atom stereocenters. The van der Waals surface area contributed by atoms with Crippen LogP contribution in [-0.2, 0) is 26.0 Å². The Hall–Kier alpha value is -3.45. The molecule has 0 saturated carbocycles. The number of aryl methyl sites for hydroxylation is 2. The summed E-state index contributed by atoms with van der Waals surface area (Å²) in [6.45, 7) is 4.75. The highest BCUT2D eigenvalue weighted by Crippen LogP contribution is 2.44. The molecule has 0 spiro atoms. The van der Waals surface area contributed by atoms with E-state index in [1.165, 1.54) is 32.9 Å². The van der Waals surface area contributed by atoms with E-state index in [4.69, 9.17) is 22.6 Å². The second-order valence-electron chi connectivity index (χ2n) is 17.3. The Balaban J connectivity index is 2.51. The van der Waals surface area contributed by atoms with Gasteiger partial charge in [-0.1, -0.05) is 26.9 Å². The first-order valence-electron chi connectivity index (χ1n) is 19.1. The van der Waals surface area contributed by atoms with E-state index < -0.39 is 40.4 Å². The first-order chi connectivity index (χ1) is 24.8.